The Hall–Kier alpha value is -1.97. The first-order valence-corrected chi connectivity index (χ1v) is 3.97. The van der Waals surface area contributed by atoms with Crippen LogP contribution in [0.2, 0.25) is 0 Å². The molecule has 0 amide bonds. The first kappa shape index (κ1) is 6.54. The lowest BCUT2D eigenvalue weighted by Crippen LogP contribution is -1.81. The van der Waals surface area contributed by atoms with E-state index in [2.05, 4.69) is 19.9 Å². The zero-order chi connectivity index (χ0) is 8.67. The normalized spacial score (nSPS) is 11.1. The van der Waals surface area contributed by atoms with Crippen molar-refractivity contribution in [2.45, 2.75) is 0 Å². The molecule has 0 spiro atoms. The topological polar surface area (TPSA) is 54.5 Å². The molecule has 62 valence electrons. The van der Waals surface area contributed by atoms with Crippen LogP contribution in [0.15, 0.2) is 31.0 Å². The molecule has 0 atom stereocenters. The molecule has 0 aliphatic heterocycles. The van der Waals surface area contributed by atoms with Gasteiger partial charge >= 0.3 is 0 Å². The van der Waals surface area contributed by atoms with E-state index in [1.807, 2.05) is 12.1 Å². The molecule has 0 aliphatic carbocycles. The Morgan fingerprint density at radius 3 is 3.15 bits per heavy atom. The number of hydrogen-bond donors (Lipinski definition) is 1. The molecule has 0 bridgehead atoms. The average Bonchev–Trinajstić information content (AvgIpc) is 2.65. The summed E-state index contributed by atoms with van der Waals surface area (Å²) in [6.07, 6.45) is 5.00. The van der Waals surface area contributed by atoms with Crippen molar-refractivity contribution in [1.29, 1.82) is 0 Å². The number of hydrogen-bond acceptors (Lipinski definition) is 3. The number of benzene rings is 1. The van der Waals surface area contributed by atoms with Gasteiger partial charge in [0.05, 0.1) is 22.9 Å². The molecule has 0 unspecified atom stereocenters. The van der Waals surface area contributed by atoms with E-state index in [0.717, 1.165) is 21.9 Å². The van der Waals surface area contributed by atoms with Gasteiger partial charge < -0.3 is 4.98 Å². The molecule has 4 nitrogen and oxygen atoms in total. The van der Waals surface area contributed by atoms with Gasteiger partial charge in [-0.1, -0.05) is 0 Å². The molecule has 0 saturated carbocycles. The molecule has 13 heavy (non-hydrogen) atoms. The van der Waals surface area contributed by atoms with Crippen molar-refractivity contribution in [1.82, 2.24) is 19.9 Å². The zero-order valence-corrected chi connectivity index (χ0v) is 6.73. The molecule has 2 aromatic heterocycles. The Bertz CT molecular complexity index is 570. The van der Waals surface area contributed by atoms with Gasteiger partial charge in [-0.25, -0.2) is 15.0 Å². The summed E-state index contributed by atoms with van der Waals surface area (Å²) in [6, 6.07) is 3.93. The van der Waals surface area contributed by atoms with Crippen molar-refractivity contribution >= 4 is 21.9 Å². The third-order valence-corrected chi connectivity index (χ3v) is 2.07. The minimum absolute atomic E-state index is 0.926. The number of aromatic amines is 1. The largest absolute Gasteiger partial charge is 0.345 e. The predicted molar refractivity (Wildman–Crippen MR) is 49.2 cm³/mol. The van der Waals surface area contributed by atoms with Crippen molar-refractivity contribution < 1.29 is 0 Å². The van der Waals surface area contributed by atoms with Crippen LogP contribution in [0.3, 0.4) is 0 Å². The smallest absolute Gasteiger partial charge is 0.116 e. The maximum Gasteiger partial charge on any atom is 0.116 e. The Morgan fingerprint density at radius 1 is 1.15 bits per heavy atom. The van der Waals surface area contributed by atoms with Gasteiger partial charge in [-0.3, -0.25) is 0 Å². The van der Waals surface area contributed by atoms with Crippen LogP contribution >= 0.6 is 0 Å². The molecule has 0 aliphatic rings. The third kappa shape index (κ3) is 0.823. The number of H-pyrrole nitrogens is 1. The highest BCUT2D eigenvalue weighted by atomic mass is 14.9. The van der Waals surface area contributed by atoms with E-state index in [4.69, 9.17) is 0 Å². The van der Waals surface area contributed by atoms with Crippen molar-refractivity contribution in [3.8, 4) is 0 Å². The Labute approximate surface area is 73.7 Å². The lowest BCUT2D eigenvalue weighted by atomic mass is 10.2. The third-order valence-electron chi connectivity index (χ3n) is 2.07. The molecule has 3 aromatic rings. The van der Waals surface area contributed by atoms with Crippen LogP contribution in [0.4, 0.5) is 0 Å². The fourth-order valence-electron chi connectivity index (χ4n) is 1.46. The number of aromatic nitrogens is 4. The molecule has 1 aromatic carbocycles. The molecule has 4 heteroatoms. The van der Waals surface area contributed by atoms with E-state index in [1.54, 1.807) is 18.9 Å². The highest BCUT2D eigenvalue weighted by Crippen LogP contribution is 2.19. The fraction of sp³-hybridized carbons (Fsp3) is 0. The van der Waals surface area contributed by atoms with Gasteiger partial charge in [-0.05, 0) is 12.1 Å². The number of imidazole rings is 1. The standard InChI is InChI=1S/C9H6N4/c1-2-8-9(13-5-12-8)6-3-10-4-11-7(1)6/h1-5H,(H,12,13). The lowest BCUT2D eigenvalue weighted by Gasteiger charge is -1.94. The average molecular weight is 170 g/mol. The SMILES string of the molecule is c1ncc2c(ccc3[nH]cnc32)n1. The number of nitrogens with one attached hydrogen (secondary N) is 1. The molecule has 1 N–H and O–H groups in total. The summed E-state index contributed by atoms with van der Waals surface area (Å²) in [7, 11) is 0. The van der Waals surface area contributed by atoms with Gasteiger partial charge in [-0.15, -0.1) is 0 Å². The van der Waals surface area contributed by atoms with E-state index in [9.17, 15) is 0 Å². The molecule has 2 heterocycles. The summed E-state index contributed by atoms with van der Waals surface area (Å²) in [5.41, 5.74) is 2.87. The fourth-order valence-corrected chi connectivity index (χ4v) is 1.46. The Balaban J connectivity index is 2.65. The van der Waals surface area contributed by atoms with Gasteiger partial charge in [0.1, 0.15) is 6.33 Å². The van der Waals surface area contributed by atoms with Crippen LogP contribution in [-0.2, 0) is 0 Å². The zero-order valence-electron chi connectivity index (χ0n) is 6.73. The molecule has 3 rings (SSSR count). The van der Waals surface area contributed by atoms with Gasteiger partial charge in [0.15, 0.2) is 0 Å². The van der Waals surface area contributed by atoms with Crippen LogP contribution in [0, 0.1) is 0 Å². The first-order chi connectivity index (χ1) is 6.45. The molecule has 0 radical (unpaired) electrons. The molecular formula is C9H6N4. The molecule has 0 fully saturated rings. The summed E-state index contributed by atoms with van der Waals surface area (Å²) in [4.78, 5) is 15.4. The van der Waals surface area contributed by atoms with Crippen LogP contribution in [0.1, 0.15) is 0 Å². The number of rotatable bonds is 0. The minimum Gasteiger partial charge on any atom is -0.345 e. The first-order valence-electron chi connectivity index (χ1n) is 3.97. The summed E-state index contributed by atoms with van der Waals surface area (Å²) in [5, 5.41) is 0.987. The second-order valence-corrected chi connectivity index (χ2v) is 2.82. The van der Waals surface area contributed by atoms with E-state index >= 15 is 0 Å². The lowest BCUT2D eigenvalue weighted by molar-refractivity contribution is 1.22. The maximum absolute atomic E-state index is 4.21. The second-order valence-electron chi connectivity index (χ2n) is 2.82. The molecule has 0 saturated heterocycles. The Morgan fingerprint density at radius 2 is 2.15 bits per heavy atom. The van der Waals surface area contributed by atoms with E-state index < -0.39 is 0 Å². The van der Waals surface area contributed by atoms with Crippen molar-refractivity contribution in [2.75, 3.05) is 0 Å². The van der Waals surface area contributed by atoms with Crippen LogP contribution in [-0.4, -0.2) is 19.9 Å². The summed E-state index contributed by atoms with van der Waals surface area (Å²) < 4.78 is 0. The summed E-state index contributed by atoms with van der Waals surface area (Å²) in [6.45, 7) is 0. The quantitative estimate of drug-likeness (QED) is 0.556. The number of fused-ring (bicyclic) bond motifs is 3. The van der Waals surface area contributed by atoms with Crippen molar-refractivity contribution in [3.63, 3.8) is 0 Å². The van der Waals surface area contributed by atoms with E-state index in [-0.39, 0.29) is 0 Å². The van der Waals surface area contributed by atoms with Crippen LogP contribution in [0.5, 0.6) is 0 Å². The van der Waals surface area contributed by atoms with Crippen LogP contribution in [0.25, 0.3) is 21.9 Å². The predicted octanol–water partition coefficient (Wildman–Crippen LogP) is 1.51. The second kappa shape index (κ2) is 2.26. The van der Waals surface area contributed by atoms with E-state index in [1.165, 1.54) is 0 Å². The maximum atomic E-state index is 4.21. The van der Waals surface area contributed by atoms with Gasteiger partial charge in [0.2, 0.25) is 0 Å². The molecular weight excluding hydrogens is 164 g/mol. The van der Waals surface area contributed by atoms with Crippen molar-refractivity contribution in [3.05, 3.63) is 31.0 Å². The van der Waals surface area contributed by atoms with Gasteiger partial charge in [0.25, 0.3) is 0 Å². The van der Waals surface area contributed by atoms with Gasteiger partial charge in [0, 0.05) is 11.6 Å². The highest BCUT2D eigenvalue weighted by molar-refractivity contribution is 6.01. The van der Waals surface area contributed by atoms with E-state index in [0.29, 0.717) is 0 Å². The Kier molecular flexibility index (Phi) is 1.14. The minimum atomic E-state index is 0.926. The highest BCUT2D eigenvalue weighted by Gasteiger charge is 2.01. The van der Waals surface area contributed by atoms with Crippen LogP contribution < -0.4 is 0 Å². The summed E-state index contributed by atoms with van der Waals surface area (Å²) >= 11 is 0. The number of nitrogens with zero attached hydrogens (tertiary/aromatic N) is 3. The van der Waals surface area contributed by atoms with Crippen molar-refractivity contribution in [2.24, 2.45) is 0 Å². The monoisotopic (exact) mass is 170 g/mol. The van der Waals surface area contributed by atoms with Gasteiger partial charge in [-0.2, -0.15) is 0 Å². The summed E-state index contributed by atoms with van der Waals surface area (Å²) in [5.74, 6) is 0.